The van der Waals surface area contributed by atoms with Gasteiger partial charge in [0.05, 0.1) is 0 Å². The van der Waals surface area contributed by atoms with Crippen molar-refractivity contribution in [2.45, 2.75) is 19.5 Å². The molecule has 0 saturated carbocycles. The van der Waals surface area contributed by atoms with E-state index in [1.165, 1.54) is 23.0 Å². The zero-order valence-electron chi connectivity index (χ0n) is 8.28. The fraction of sp³-hybridized carbons (Fsp3) is 0.625. The van der Waals surface area contributed by atoms with Crippen LogP contribution >= 0.6 is 0 Å². The number of esters is 1. The first-order chi connectivity index (χ1) is 6.86. The third kappa shape index (κ3) is 2.54. The van der Waals surface area contributed by atoms with E-state index < -0.39 is 18.5 Å². The van der Waals surface area contributed by atoms with E-state index in [-0.39, 0.29) is 0 Å². The van der Waals surface area contributed by atoms with Crippen molar-refractivity contribution in [3.05, 3.63) is 12.4 Å². The zero-order valence-corrected chi connectivity index (χ0v) is 8.28. The molecule has 1 heterocycles. The summed E-state index contributed by atoms with van der Waals surface area (Å²) in [5, 5.41) is 0. The minimum atomic E-state index is -4.96. The molecule has 0 aromatic rings. The number of halogens is 3. The molecule has 1 aliphatic heterocycles. The molecule has 0 aromatic carbocycles. The summed E-state index contributed by atoms with van der Waals surface area (Å²) in [6.45, 7) is 2.20. The molecule has 0 aliphatic carbocycles. The fourth-order valence-electron chi connectivity index (χ4n) is 1.15. The van der Waals surface area contributed by atoms with Crippen LogP contribution in [0.2, 0.25) is 0 Å². The van der Waals surface area contributed by atoms with Crippen molar-refractivity contribution >= 4 is 5.97 Å². The summed E-state index contributed by atoms with van der Waals surface area (Å²) in [6.07, 6.45) is -2.86. The molecule has 1 unspecified atom stereocenters. The number of ether oxygens (including phenoxy) is 1. The van der Waals surface area contributed by atoms with Crippen LogP contribution in [0.25, 0.3) is 0 Å². The molecule has 1 aliphatic rings. The molecule has 7 heteroatoms. The molecule has 0 bridgehead atoms. The second-order valence-electron chi connectivity index (χ2n) is 3.02. The minimum Gasteiger partial charge on any atom is -0.416 e. The number of hydrogen-bond donors (Lipinski definition) is 0. The van der Waals surface area contributed by atoms with E-state index in [1.54, 1.807) is 13.1 Å². The third-order valence-electron chi connectivity index (χ3n) is 1.93. The summed E-state index contributed by atoms with van der Waals surface area (Å²) < 4.78 is 40.1. The van der Waals surface area contributed by atoms with Crippen molar-refractivity contribution in [2.75, 3.05) is 13.6 Å². The van der Waals surface area contributed by atoms with E-state index in [1.807, 2.05) is 0 Å². The Labute approximate surface area is 84.9 Å². The topological polar surface area (TPSA) is 32.8 Å². The highest BCUT2D eigenvalue weighted by atomic mass is 19.4. The molecule has 1 rings (SSSR count). The average molecular weight is 224 g/mol. The number of carbonyl (C=O) groups is 1. The van der Waals surface area contributed by atoms with Gasteiger partial charge in [-0.15, -0.1) is 0 Å². The normalized spacial score (nSPS) is 21.0. The van der Waals surface area contributed by atoms with Crippen molar-refractivity contribution in [1.29, 1.82) is 0 Å². The monoisotopic (exact) mass is 224 g/mol. The Morgan fingerprint density at radius 3 is 2.53 bits per heavy atom. The van der Waals surface area contributed by atoms with Crippen LogP contribution in [-0.4, -0.2) is 41.9 Å². The van der Waals surface area contributed by atoms with Gasteiger partial charge in [0.2, 0.25) is 0 Å². The van der Waals surface area contributed by atoms with E-state index in [0.29, 0.717) is 6.54 Å². The summed E-state index contributed by atoms with van der Waals surface area (Å²) in [5.74, 6) is -2.18. The fourth-order valence-corrected chi connectivity index (χ4v) is 1.15. The van der Waals surface area contributed by atoms with E-state index in [4.69, 9.17) is 0 Å². The van der Waals surface area contributed by atoms with E-state index in [2.05, 4.69) is 4.74 Å². The van der Waals surface area contributed by atoms with Gasteiger partial charge in [-0.25, -0.2) is 4.79 Å². The van der Waals surface area contributed by atoms with Gasteiger partial charge >= 0.3 is 12.1 Å². The molecular weight excluding hydrogens is 213 g/mol. The minimum absolute atomic E-state index is 0.455. The van der Waals surface area contributed by atoms with Gasteiger partial charge in [-0.3, -0.25) is 0 Å². The second-order valence-corrected chi connectivity index (χ2v) is 3.02. The lowest BCUT2D eigenvalue weighted by molar-refractivity contribution is -0.218. The molecular formula is C8H11F3N2O2. The summed E-state index contributed by atoms with van der Waals surface area (Å²) in [7, 11) is 1.53. The van der Waals surface area contributed by atoms with Crippen LogP contribution in [0, 0.1) is 0 Å². The zero-order chi connectivity index (χ0) is 11.6. The molecule has 0 radical (unpaired) electrons. The van der Waals surface area contributed by atoms with E-state index in [9.17, 15) is 18.0 Å². The van der Waals surface area contributed by atoms with Crippen LogP contribution in [-0.2, 0) is 9.53 Å². The van der Waals surface area contributed by atoms with E-state index in [0.717, 1.165) is 0 Å². The van der Waals surface area contributed by atoms with Gasteiger partial charge in [-0.2, -0.15) is 13.2 Å². The van der Waals surface area contributed by atoms with Crippen LogP contribution in [0.15, 0.2) is 12.4 Å². The molecule has 0 spiro atoms. The Balaban J connectivity index is 2.62. The summed E-state index contributed by atoms with van der Waals surface area (Å²) in [4.78, 5) is 13.5. The Bertz CT molecular complexity index is 278. The Morgan fingerprint density at radius 1 is 1.47 bits per heavy atom. The molecule has 0 aromatic heterocycles. The Kier molecular flexibility index (Phi) is 3.11. The van der Waals surface area contributed by atoms with Gasteiger partial charge < -0.3 is 14.5 Å². The van der Waals surface area contributed by atoms with Crippen LogP contribution in [0.5, 0.6) is 0 Å². The van der Waals surface area contributed by atoms with E-state index >= 15 is 0 Å². The summed E-state index contributed by atoms with van der Waals surface area (Å²) in [6, 6.07) is 0. The number of rotatable bonds is 2. The molecule has 86 valence electrons. The van der Waals surface area contributed by atoms with Crippen LogP contribution in [0.3, 0.4) is 0 Å². The molecule has 0 N–H and O–H groups in total. The average Bonchev–Trinajstić information content (AvgIpc) is 2.46. The van der Waals surface area contributed by atoms with Gasteiger partial charge in [-0.1, -0.05) is 0 Å². The first-order valence-corrected chi connectivity index (χ1v) is 4.30. The van der Waals surface area contributed by atoms with Gasteiger partial charge in [0, 0.05) is 26.0 Å². The summed E-state index contributed by atoms with van der Waals surface area (Å²) >= 11 is 0. The number of hydrogen-bond acceptors (Lipinski definition) is 4. The standard InChI is InChI=1S/C8H11F3N2O2/c1-3-13-5-4-12(2)7(13)15-6(14)8(9,10)11/h4-5,7H,3H2,1-2H3. The maximum atomic E-state index is 11.9. The lowest BCUT2D eigenvalue weighted by Gasteiger charge is -2.28. The highest BCUT2D eigenvalue weighted by molar-refractivity contribution is 5.75. The molecule has 1 atom stereocenters. The van der Waals surface area contributed by atoms with Crippen molar-refractivity contribution in [3.8, 4) is 0 Å². The molecule has 15 heavy (non-hydrogen) atoms. The first-order valence-electron chi connectivity index (χ1n) is 4.30. The predicted octanol–water partition coefficient (Wildman–Crippen LogP) is 1.11. The van der Waals surface area contributed by atoms with Crippen molar-refractivity contribution in [3.63, 3.8) is 0 Å². The molecule has 4 nitrogen and oxygen atoms in total. The van der Waals surface area contributed by atoms with Crippen molar-refractivity contribution in [2.24, 2.45) is 0 Å². The van der Waals surface area contributed by atoms with Gasteiger partial charge in [0.25, 0.3) is 6.35 Å². The highest BCUT2D eigenvalue weighted by Crippen LogP contribution is 2.21. The number of alkyl halides is 3. The Hall–Kier alpha value is -1.40. The van der Waals surface area contributed by atoms with Crippen LogP contribution in [0.1, 0.15) is 6.92 Å². The van der Waals surface area contributed by atoms with Crippen LogP contribution < -0.4 is 0 Å². The SMILES string of the molecule is CCN1C=CN(C)C1OC(=O)C(F)(F)F. The Morgan fingerprint density at radius 2 is 2.07 bits per heavy atom. The smallest absolute Gasteiger partial charge is 0.416 e. The summed E-state index contributed by atoms with van der Waals surface area (Å²) in [5.41, 5.74) is 0. The first kappa shape index (κ1) is 11.7. The molecule has 0 amide bonds. The van der Waals surface area contributed by atoms with Crippen molar-refractivity contribution in [1.82, 2.24) is 9.80 Å². The van der Waals surface area contributed by atoms with Crippen molar-refractivity contribution < 1.29 is 22.7 Å². The largest absolute Gasteiger partial charge is 0.491 e. The third-order valence-corrected chi connectivity index (χ3v) is 1.93. The van der Waals surface area contributed by atoms with Gasteiger partial charge in [0.15, 0.2) is 0 Å². The number of carbonyl (C=O) groups excluding carboxylic acids is 1. The molecule has 0 saturated heterocycles. The van der Waals surface area contributed by atoms with Crippen LogP contribution in [0.4, 0.5) is 13.2 Å². The van der Waals surface area contributed by atoms with Gasteiger partial charge in [-0.05, 0) is 6.92 Å². The second kappa shape index (κ2) is 4.00. The number of nitrogens with zero attached hydrogens (tertiary/aromatic N) is 2. The predicted molar refractivity (Wildman–Crippen MR) is 45.2 cm³/mol. The maximum absolute atomic E-state index is 11.9. The lowest BCUT2D eigenvalue weighted by atomic mass is 10.6. The highest BCUT2D eigenvalue weighted by Gasteiger charge is 2.43. The lowest BCUT2D eigenvalue weighted by Crippen LogP contribution is -2.43. The quantitative estimate of drug-likeness (QED) is 0.658. The van der Waals surface area contributed by atoms with Gasteiger partial charge in [0.1, 0.15) is 0 Å². The maximum Gasteiger partial charge on any atom is 0.491 e. The molecule has 0 fully saturated rings.